The van der Waals surface area contributed by atoms with Crippen molar-refractivity contribution in [3.05, 3.63) is 66.1 Å². The van der Waals surface area contributed by atoms with Crippen LogP contribution >= 0.6 is 0 Å². The molecule has 0 saturated heterocycles. The number of pyridine rings is 1. The number of nitrogens with zero attached hydrogens (tertiary/aromatic N) is 2. The van der Waals surface area contributed by atoms with Crippen LogP contribution in [-0.4, -0.2) is 15.5 Å². The van der Waals surface area contributed by atoms with Crippen LogP contribution in [0.5, 0.6) is 0 Å². The summed E-state index contributed by atoms with van der Waals surface area (Å²) in [6, 6.07) is 12.4. The average Bonchev–Trinajstić information content (AvgIpc) is 3.01. The van der Waals surface area contributed by atoms with E-state index >= 15 is 0 Å². The fourth-order valence-electron chi connectivity index (χ4n) is 2.73. The topological polar surface area (TPSA) is 46.9 Å². The van der Waals surface area contributed by atoms with Crippen molar-refractivity contribution in [2.45, 2.75) is 32.9 Å². The molecular weight excluding hydrogens is 286 g/mol. The van der Waals surface area contributed by atoms with Crippen LogP contribution in [0.2, 0.25) is 0 Å². The number of nitrogens with one attached hydrogen (secondary N) is 1. The van der Waals surface area contributed by atoms with E-state index in [1.54, 1.807) is 12.4 Å². The molecule has 0 aliphatic rings. The third-order valence-electron chi connectivity index (χ3n) is 4.06. The van der Waals surface area contributed by atoms with Gasteiger partial charge in [-0.3, -0.25) is 9.78 Å². The van der Waals surface area contributed by atoms with Crippen LogP contribution in [0.25, 0.3) is 10.9 Å². The molecule has 0 aliphatic heterocycles. The molecule has 0 aliphatic carbocycles. The molecule has 1 aromatic carbocycles. The molecule has 23 heavy (non-hydrogen) atoms. The largest absolute Gasteiger partial charge is 0.352 e. The van der Waals surface area contributed by atoms with Crippen LogP contribution in [0.15, 0.2) is 55.0 Å². The Bertz CT molecular complexity index is 793. The number of fused-ring (bicyclic) bond motifs is 1. The Morgan fingerprint density at radius 1 is 1.13 bits per heavy atom. The first-order valence-electron chi connectivity index (χ1n) is 7.99. The maximum Gasteiger partial charge on any atom is 0.220 e. The first-order valence-corrected chi connectivity index (χ1v) is 7.99. The second kappa shape index (κ2) is 7.09. The summed E-state index contributed by atoms with van der Waals surface area (Å²) in [5.41, 5.74) is 3.51. The van der Waals surface area contributed by atoms with E-state index < -0.39 is 0 Å². The molecule has 0 unspecified atom stereocenters. The maximum absolute atomic E-state index is 12.0. The summed E-state index contributed by atoms with van der Waals surface area (Å²) in [5, 5.41) is 4.19. The Kier molecular flexibility index (Phi) is 4.71. The Balaban J connectivity index is 1.54. The zero-order chi connectivity index (χ0) is 16.1. The molecule has 0 spiro atoms. The summed E-state index contributed by atoms with van der Waals surface area (Å²) in [6.07, 6.45) is 6.84. The van der Waals surface area contributed by atoms with Crippen molar-refractivity contribution >= 4 is 16.8 Å². The molecule has 1 N–H and O–H groups in total. The smallest absolute Gasteiger partial charge is 0.220 e. The van der Waals surface area contributed by atoms with Crippen molar-refractivity contribution in [1.29, 1.82) is 0 Å². The second-order valence-electron chi connectivity index (χ2n) is 5.63. The van der Waals surface area contributed by atoms with Crippen molar-refractivity contribution in [2.75, 3.05) is 0 Å². The van der Waals surface area contributed by atoms with Gasteiger partial charge >= 0.3 is 0 Å². The molecule has 3 rings (SSSR count). The van der Waals surface area contributed by atoms with Gasteiger partial charge in [0, 0.05) is 43.6 Å². The molecule has 0 bridgehead atoms. The van der Waals surface area contributed by atoms with Crippen LogP contribution in [0.3, 0.4) is 0 Å². The molecule has 118 valence electrons. The van der Waals surface area contributed by atoms with E-state index in [9.17, 15) is 4.79 Å². The summed E-state index contributed by atoms with van der Waals surface area (Å²) < 4.78 is 2.22. The first-order chi connectivity index (χ1) is 11.3. The van der Waals surface area contributed by atoms with E-state index in [1.807, 2.05) is 12.1 Å². The van der Waals surface area contributed by atoms with Gasteiger partial charge in [-0.25, -0.2) is 0 Å². The Labute approximate surface area is 136 Å². The molecule has 0 fully saturated rings. The van der Waals surface area contributed by atoms with Crippen LogP contribution in [0, 0.1) is 0 Å². The van der Waals surface area contributed by atoms with Crippen molar-refractivity contribution in [2.24, 2.45) is 0 Å². The summed E-state index contributed by atoms with van der Waals surface area (Å²) >= 11 is 0. The predicted molar refractivity (Wildman–Crippen MR) is 92.0 cm³/mol. The normalized spacial score (nSPS) is 10.8. The Morgan fingerprint density at radius 2 is 1.96 bits per heavy atom. The molecule has 4 nitrogen and oxygen atoms in total. The lowest BCUT2D eigenvalue weighted by molar-refractivity contribution is -0.121. The minimum absolute atomic E-state index is 0.0769. The molecule has 0 saturated carbocycles. The van der Waals surface area contributed by atoms with E-state index in [2.05, 4.69) is 52.3 Å². The van der Waals surface area contributed by atoms with Crippen molar-refractivity contribution in [3.63, 3.8) is 0 Å². The zero-order valence-corrected chi connectivity index (χ0v) is 13.3. The van der Waals surface area contributed by atoms with Gasteiger partial charge in [-0.15, -0.1) is 0 Å². The summed E-state index contributed by atoms with van der Waals surface area (Å²) in [7, 11) is 0. The number of amides is 1. The third kappa shape index (κ3) is 3.77. The minimum atomic E-state index is 0.0769. The number of hydrogen-bond donors (Lipinski definition) is 1. The predicted octanol–water partition coefficient (Wildman–Crippen LogP) is 3.31. The van der Waals surface area contributed by atoms with Gasteiger partial charge in [-0.2, -0.15) is 0 Å². The highest BCUT2D eigenvalue weighted by Gasteiger charge is 2.05. The van der Waals surface area contributed by atoms with Gasteiger partial charge in [0.05, 0.1) is 0 Å². The summed E-state index contributed by atoms with van der Waals surface area (Å²) in [4.78, 5) is 15.9. The second-order valence-corrected chi connectivity index (χ2v) is 5.63. The van der Waals surface area contributed by atoms with Crippen molar-refractivity contribution in [1.82, 2.24) is 14.9 Å². The molecular formula is C19H21N3O. The van der Waals surface area contributed by atoms with Gasteiger partial charge < -0.3 is 9.88 Å². The molecule has 0 atom stereocenters. The number of benzene rings is 1. The van der Waals surface area contributed by atoms with Gasteiger partial charge in [-0.1, -0.05) is 6.07 Å². The molecule has 4 heteroatoms. The lowest BCUT2D eigenvalue weighted by Gasteiger charge is -2.06. The maximum atomic E-state index is 12.0. The average molecular weight is 307 g/mol. The fraction of sp³-hybridized carbons (Fsp3) is 0.263. The highest BCUT2D eigenvalue weighted by atomic mass is 16.1. The summed E-state index contributed by atoms with van der Waals surface area (Å²) in [5.74, 6) is 0.0769. The minimum Gasteiger partial charge on any atom is -0.352 e. The molecule has 2 heterocycles. The van der Waals surface area contributed by atoms with Gasteiger partial charge in [0.25, 0.3) is 0 Å². The van der Waals surface area contributed by atoms with Crippen molar-refractivity contribution in [3.8, 4) is 0 Å². The van der Waals surface area contributed by atoms with Crippen LogP contribution in [-0.2, 0) is 24.3 Å². The standard InChI is InChI=1S/C19H21N3O/c1-2-22-12-9-17-13-15(3-5-18(17)22)4-6-19(23)21-14-16-7-10-20-11-8-16/h3,5,7-13H,2,4,6,14H2,1H3,(H,21,23). The number of carbonyl (C=O) groups excluding carboxylic acids is 1. The molecule has 0 radical (unpaired) electrons. The van der Waals surface area contributed by atoms with Crippen LogP contribution in [0.4, 0.5) is 0 Å². The summed E-state index contributed by atoms with van der Waals surface area (Å²) in [6.45, 7) is 3.67. The highest BCUT2D eigenvalue weighted by Crippen LogP contribution is 2.18. The van der Waals surface area contributed by atoms with Gasteiger partial charge in [0.2, 0.25) is 5.91 Å². The molecule has 2 aromatic heterocycles. The third-order valence-corrected chi connectivity index (χ3v) is 4.06. The number of rotatable bonds is 6. The van der Waals surface area contributed by atoms with Crippen LogP contribution in [0.1, 0.15) is 24.5 Å². The van der Waals surface area contributed by atoms with E-state index in [4.69, 9.17) is 0 Å². The SMILES string of the molecule is CCn1ccc2cc(CCC(=O)NCc3ccncc3)ccc21. The van der Waals surface area contributed by atoms with E-state index in [-0.39, 0.29) is 5.91 Å². The van der Waals surface area contributed by atoms with E-state index in [0.717, 1.165) is 18.5 Å². The highest BCUT2D eigenvalue weighted by molar-refractivity contribution is 5.81. The quantitative estimate of drug-likeness (QED) is 0.759. The lowest BCUT2D eigenvalue weighted by atomic mass is 10.1. The first kappa shape index (κ1) is 15.3. The lowest BCUT2D eigenvalue weighted by Crippen LogP contribution is -2.22. The fourth-order valence-corrected chi connectivity index (χ4v) is 2.73. The Morgan fingerprint density at radius 3 is 2.74 bits per heavy atom. The van der Waals surface area contributed by atoms with Gasteiger partial charge in [0.15, 0.2) is 0 Å². The number of carbonyl (C=O) groups is 1. The Hall–Kier alpha value is -2.62. The number of hydrogen-bond acceptors (Lipinski definition) is 2. The van der Waals surface area contributed by atoms with E-state index in [0.29, 0.717) is 13.0 Å². The molecule has 3 aromatic rings. The molecule has 1 amide bonds. The van der Waals surface area contributed by atoms with Crippen LogP contribution < -0.4 is 5.32 Å². The number of aromatic nitrogens is 2. The number of aryl methyl sites for hydroxylation is 2. The van der Waals surface area contributed by atoms with Gasteiger partial charge in [0.1, 0.15) is 0 Å². The van der Waals surface area contributed by atoms with Crippen molar-refractivity contribution < 1.29 is 4.79 Å². The zero-order valence-electron chi connectivity index (χ0n) is 13.3. The monoisotopic (exact) mass is 307 g/mol. The van der Waals surface area contributed by atoms with Gasteiger partial charge in [-0.05, 0) is 60.2 Å². The van der Waals surface area contributed by atoms with E-state index in [1.165, 1.54) is 16.5 Å².